The standard InChI is InChI=1S/C25H29FN4O3S/c1-28-15-24(27-17-28)34(32,33)29-11-2-3-12-30-22(14-29)25(23(30)16-31)19-9-7-18(8-10-19)20-5-4-6-21(26)13-20/h4-10,13,15,17,22-23,25,31H,2-3,11-12,14,16H2,1H3/t22-,23-,25-/m1/s1. The fourth-order valence-electron chi connectivity index (χ4n) is 5.35. The van der Waals surface area contributed by atoms with Crippen LogP contribution in [0.25, 0.3) is 11.1 Å². The van der Waals surface area contributed by atoms with Crippen molar-refractivity contribution in [2.75, 3.05) is 26.2 Å². The van der Waals surface area contributed by atoms with Crippen molar-refractivity contribution in [2.45, 2.75) is 35.9 Å². The minimum Gasteiger partial charge on any atom is -0.395 e. The number of benzene rings is 2. The molecule has 0 unspecified atom stereocenters. The Labute approximate surface area is 199 Å². The van der Waals surface area contributed by atoms with Crippen LogP contribution < -0.4 is 0 Å². The third-order valence-corrected chi connectivity index (χ3v) is 8.82. The van der Waals surface area contributed by atoms with Crippen LogP contribution in [0.5, 0.6) is 0 Å². The number of fused-ring (bicyclic) bond motifs is 1. The lowest BCUT2D eigenvalue weighted by Crippen LogP contribution is -2.67. The van der Waals surface area contributed by atoms with E-state index in [2.05, 4.69) is 9.88 Å². The van der Waals surface area contributed by atoms with Crippen LogP contribution in [0, 0.1) is 5.82 Å². The summed E-state index contributed by atoms with van der Waals surface area (Å²) < 4.78 is 43.5. The number of imidazole rings is 1. The predicted molar refractivity (Wildman–Crippen MR) is 127 cm³/mol. The third kappa shape index (κ3) is 4.17. The van der Waals surface area contributed by atoms with Gasteiger partial charge in [0.15, 0.2) is 5.03 Å². The molecular weight excluding hydrogens is 455 g/mol. The van der Waals surface area contributed by atoms with E-state index in [0.717, 1.165) is 36.1 Å². The molecule has 0 saturated carbocycles. The van der Waals surface area contributed by atoms with Crippen LogP contribution in [0.1, 0.15) is 24.3 Å². The van der Waals surface area contributed by atoms with E-state index in [1.165, 1.54) is 24.7 Å². The maximum atomic E-state index is 13.6. The molecule has 3 heterocycles. The van der Waals surface area contributed by atoms with Gasteiger partial charge in [0.1, 0.15) is 5.82 Å². The molecule has 0 spiro atoms. The van der Waals surface area contributed by atoms with E-state index in [9.17, 15) is 17.9 Å². The fourth-order valence-corrected chi connectivity index (χ4v) is 6.81. The zero-order chi connectivity index (χ0) is 23.9. The Kier molecular flexibility index (Phi) is 6.28. The van der Waals surface area contributed by atoms with Crippen LogP contribution in [-0.2, 0) is 17.1 Å². The summed E-state index contributed by atoms with van der Waals surface area (Å²) >= 11 is 0. The number of sulfonamides is 1. The van der Waals surface area contributed by atoms with Gasteiger partial charge in [-0.15, -0.1) is 0 Å². The lowest BCUT2D eigenvalue weighted by atomic mass is 9.74. The van der Waals surface area contributed by atoms with Crippen molar-refractivity contribution >= 4 is 10.0 Å². The van der Waals surface area contributed by atoms with Crippen molar-refractivity contribution in [2.24, 2.45) is 7.05 Å². The fraction of sp³-hybridized carbons (Fsp3) is 0.400. The number of hydrogen-bond donors (Lipinski definition) is 1. The van der Waals surface area contributed by atoms with Gasteiger partial charge >= 0.3 is 0 Å². The van der Waals surface area contributed by atoms with Gasteiger partial charge in [-0.05, 0) is 48.2 Å². The molecule has 5 rings (SSSR count). The Morgan fingerprint density at radius 1 is 1.09 bits per heavy atom. The van der Waals surface area contributed by atoms with Gasteiger partial charge in [-0.1, -0.05) is 36.4 Å². The molecule has 3 atom stereocenters. The molecule has 7 nitrogen and oxygen atoms in total. The Morgan fingerprint density at radius 2 is 1.85 bits per heavy atom. The molecule has 0 amide bonds. The van der Waals surface area contributed by atoms with E-state index in [1.807, 2.05) is 30.3 Å². The molecule has 2 fully saturated rings. The van der Waals surface area contributed by atoms with E-state index in [1.54, 1.807) is 22.0 Å². The summed E-state index contributed by atoms with van der Waals surface area (Å²) in [6, 6.07) is 14.4. The van der Waals surface area contributed by atoms with E-state index >= 15 is 0 Å². The van der Waals surface area contributed by atoms with Crippen LogP contribution >= 0.6 is 0 Å². The van der Waals surface area contributed by atoms with Gasteiger partial charge in [-0.3, -0.25) is 4.90 Å². The summed E-state index contributed by atoms with van der Waals surface area (Å²) in [5.41, 5.74) is 2.77. The van der Waals surface area contributed by atoms with Crippen molar-refractivity contribution < 1.29 is 17.9 Å². The lowest BCUT2D eigenvalue weighted by Gasteiger charge is -2.57. The number of aryl methyl sites for hydroxylation is 1. The Hall–Kier alpha value is -2.59. The van der Waals surface area contributed by atoms with E-state index in [4.69, 9.17) is 0 Å². The highest BCUT2D eigenvalue weighted by molar-refractivity contribution is 7.89. The smallest absolute Gasteiger partial charge is 0.262 e. The van der Waals surface area contributed by atoms with Crippen LogP contribution in [-0.4, -0.2) is 70.6 Å². The average molecular weight is 485 g/mol. The number of aromatic nitrogens is 2. The van der Waals surface area contributed by atoms with Crippen LogP contribution in [0.15, 0.2) is 66.1 Å². The maximum Gasteiger partial charge on any atom is 0.262 e. The number of nitrogens with zero attached hydrogens (tertiary/aromatic N) is 4. The molecular formula is C25H29FN4O3S. The lowest BCUT2D eigenvalue weighted by molar-refractivity contribution is -0.0554. The number of aliphatic hydroxyl groups is 1. The van der Waals surface area contributed by atoms with Crippen LogP contribution in [0.3, 0.4) is 0 Å². The Morgan fingerprint density at radius 3 is 2.53 bits per heavy atom. The van der Waals surface area contributed by atoms with E-state index in [0.29, 0.717) is 13.1 Å². The molecule has 0 bridgehead atoms. The van der Waals surface area contributed by atoms with Gasteiger partial charge in [0, 0.05) is 44.3 Å². The molecule has 180 valence electrons. The quantitative estimate of drug-likeness (QED) is 0.603. The van der Waals surface area contributed by atoms with Crippen LogP contribution in [0.2, 0.25) is 0 Å². The van der Waals surface area contributed by atoms with E-state index in [-0.39, 0.29) is 35.5 Å². The van der Waals surface area contributed by atoms with Gasteiger partial charge in [-0.2, -0.15) is 4.31 Å². The number of halogens is 1. The summed E-state index contributed by atoms with van der Waals surface area (Å²) in [5, 5.41) is 10.2. The summed E-state index contributed by atoms with van der Waals surface area (Å²) in [4.78, 5) is 6.33. The first-order valence-corrected chi connectivity index (χ1v) is 13.0. The van der Waals surface area contributed by atoms with Crippen LogP contribution in [0.4, 0.5) is 4.39 Å². The number of hydrogen-bond acceptors (Lipinski definition) is 5. The highest BCUT2D eigenvalue weighted by Crippen LogP contribution is 2.43. The molecule has 34 heavy (non-hydrogen) atoms. The number of aliphatic hydroxyl groups excluding tert-OH is 1. The number of rotatable bonds is 5. The second-order valence-corrected chi connectivity index (χ2v) is 11.0. The van der Waals surface area contributed by atoms with Gasteiger partial charge in [0.2, 0.25) is 0 Å². The topological polar surface area (TPSA) is 78.7 Å². The third-order valence-electron chi connectivity index (χ3n) is 7.07. The normalized spacial score (nSPS) is 24.1. The van der Waals surface area contributed by atoms with Crippen molar-refractivity contribution in [3.05, 3.63) is 72.4 Å². The molecule has 1 N–H and O–H groups in total. The molecule has 2 aliphatic heterocycles. The molecule has 2 saturated heterocycles. The first-order chi connectivity index (χ1) is 16.4. The predicted octanol–water partition coefficient (Wildman–Crippen LogP) is 2.84. The van der Waals surface area contributed by atoms with Crippen molar-refractivity contribution in [3.63, 3.8) is 0 Å². The molecule has 0 aliphatic carbocycles. The first-order valence-electron chi connectivity index (χ1n) is 11.6. The molecule has 1 aromatic heterocycles. The highest BCUT2D eigenvalue weighted by atomic mass is 32.2. The molecule has 2 aliphatic rings. The Balaban J connectivity index is 1.42. The molecule has 0 radical (unpaired) electrons. The van der Waals surface area contributed by atoms with Crippen molar-refractivity contribution in [1.82, 2.24) is 18.8 Å². The summed E-state index contributed by atoms with van der Waals surface area (Å²) in [6.45, 7) is 1.66. The zero-order valence-electron chi connectivity index (χ0n) is 19.1. The Bertz CT molecular complexity index is 1260. The highest BCUT2D eigenvalue weighted by Gasteiger charge is 2.50. The minimum atomic E-state index is -3.70. The van der Waals surface area contributed by atoms with E-state index < -0.39 is 10.0 Å². The maximum absolute atomic E-state index is 13.6. The molecule has 3 aromatic rings. The second kappa shape index (κ2) is 9.22. The summed E-state index contributed by atoms with van der Waals surface area (Å²) in [5.74, 6) is -0.272. The average Bonchev–Trinajstić information content (AvgIpc) is 3.25. The van der Waals surface area contributed by atoms with Gasteiger partial charge in [0.25, 0.3) is 10.0 Å². The monoisotopic (exact) mass is 484 g/mol. The first kappa shape index (κ1) is 23.2. The second-order valence-electron chi connectivity index (χ2n) is 9.16. The van der Waals surface area contributed by atoms with Crippen molar-refractivity contribution in [1.29, 1.82) is 0 Å². The summed E-state index contributed by atoms with van der Waals surface area (Å²) in [7, 11) is -1.95. The molecule has 9 heteroatoms. The summed E-state index contributed by atoms with van der Waals surface area (Å²) in [6.07, 6.45) is 4.66. The zero-order valence-corrected chi connectivity index (χ0v) is 19.9. The SMILES string of the molecule is Cn1cnc(S(=O)(=O)N2CCCCN3[C@H](CO)[C@H](c4ccc(-c5cccc(F)c5)cc4)[C@H]3C2)c1. The van der Waals surface area contributed by atoms with Gasteiger partial charge in [-0.25, -0.2) is 17.8 Å². The van der Waals surface area contributed by atoms with Gasteiger partial charge in [0.05, 0.1) is 12.9 Å². The minimum absolute atomic E-state index is 0.00564. The van der Waals surface area contributed by atoms with Gasteiger partial charge < -0.3 is 9.67 Å². The van der Waals surface area contributed by atoms with Crippen molar-refractivity contribution in [3.8, 4) is 11.1 Å². The largest absolute Gasteiger partial charge is 0.395 e. The molecule has 2 aromatic carbocycles.